The average Bonchev–Trinajstić information content (AvgIpc) is 2.93. The first-order valence-corrected chi connectivity index (χ1v) is 14.7. The van der Waals surface area contributed by atoms with Crippen molar-refractivity contribution >= 4 is 27.3 Å². The number of phenolic OH excluding ortho intramolecular Hbond substituents is 3. The molecule has 214 valence electrons. The molecule has 0 radical (unpaired) electrons. The van der Waals surface area contributed by atoms with Crippen LogP contribution < -0.4 is 10.0 Å². The van der Waals surface area contributed by atoms with Gasteiger partial charge in [-0.25, -0.2) is 8.42 Å². The van der Waals surface area contributed by atoms with Crippen LogP contribution in [0.25, 0.3) is 0 Å². The summed E-state index contributed by atoms with van der Waals surface area (Å²) in [5.41, 5.74) is 3.73. The first-order chi connectivity index (χ1) is 19.4. The van der Waals surface area contributed by atoms with E-state index >= 15 is 0 Å². The van der Waals surface area contributed by atoms with Crippen LogP contribution in [0, 0.1) is 0 Å². The first-order valence-electron chi connectivity index (χ1n) is 13.3. The standard InChI is InChI=1S/C32H34N2O6S/c1-19(2)21-9-7-10-25(17-21)34-41(39,40)26-14-12-24(13-15-26)33-32(38)28-18-23(29(35)31(37)30(28)36)16-22-8-5-6-11-27(22)20(3)4/h5-15,17-20,34-37H,16H2,1-4H3,(H,33,38). The lowest BCUT2D eigenvalue weighted by atomic mass is 9.92. The maximum absolute atomic E-state index is 13.1. The minimum atomic E-state index is -3.88. The smallest absolute Gasteiger partial charge is 0.261 e. The molecule has 4 rings (SSSR count). The summed E-state index contributed by atoms with van der Waals surface area (Å²) in [6, 6.07) is 21.7. The zero-order valence-corrected chi connectivity index (χ0v) is 24.2. The molecular formula is C32H34N2O6S. The van der Waals surface area contributed by atoms with E-state index in [2.05, 4.69) is 10.0 Å². The zero-order chi connectivity index (χ0) is 29.9. The lowest BCUT2D eigenvalue weighted by Gasteiger charge is -2.16. The van der Waals surface area contributed by atoms with E-state index in [0.29, 0.717) is 5.69 Å². The number of rotatable bonds is 9. The van der Waals surface area contributed by atoms with Gasteiger partial charge in [-0.15, -0.1) is 0 Å². The predicted molar refractivity (Wildman–Crippen MR) is 161 cm³/mol. The van der Waals surface area contributed by atoms with Crippen LogP contribution in [0.1, 0.15) is 72.1 Å². The Morgan fingerprint density at radius 3 is 2.07 bits per heavy atom. The van der Waals surface area contributed by atoms with Crippen molar-refractivity contribution in [3.8, 4) is 17.2 Å². The van der Waals surface area contributed by atoms with Crippen LogP contribution in [0.4, 0.5) is 11.4 Å². The molecule has 0 aliphatic heterocycles. The molecule has 0 aromatic heterocycles. The van der Waals surface area contributed by atoms with Crippen molar-refractivity contribution < 1.29 is 28.5 Å². The highest BCUT2D eigenvalue weighted by atomic mass is 32.2. The van der Waals surface area contributed by atoms with Gasteiger partial charge in [0.15, 0.2) is 11.5 Å². The molecule has 4 aromatic carbocycles. The van der Waals surface area contributed by atoms with E-state index in [-0.39, 0.29) is 40.0 Å². The fraction of sp³-hybridized carbons (Fsp3) is 0.219. The van der Waals surface area contributed by atoms with Gasteiger partial charge in [-0.3, -0.25) is 9.52 Å². The molecule has 4 aromatic rings. The van der Waals surface area contributed by atoms with Crippen LogP contribution in [0.5, 0.6) is 17.2 Å². The summed E-state index contributed by atoms with van der Waals surface area (Å²) in [6.45, 7) is 8.13. The Bertz CT molecular complexity index is 1680. The maximum Gasteiger partial charge on any atom is 0.261 e. The van der Waals surface area contributed by atoms with E-state index in [4.69, 9.17) is 0 Å². The number of benzene rings is 4. The molecule has 9 heteroatoms. The van der Waals surface area contributed by atoms with Crippen molar-refractivity contribution in [2.24, 2.45) is 0 Å². The van der Waals surface area contributed by atoms with Crippen molar-refractivity contribution in [1.82, 2.24) is 0 Å². The minimum Gasteiger partial charge on any atom is -0.504 e. The van der Waals surface area contributed by atoms with Crippen LogP contribution in [0.2, 0.25) is 0 Å². The van der Waals surface area contributed by atoms with Gasteiger partial charge in [0.25, 0.3) is 15.9 Å². The van der Waals surface area contributed by atoms with Gasteiger partial charge in [0.05, 0.1) is 10.5 Å². The Hall–Kier alpha value is -4.50. The molecule has 0 unspecified atom stereocenters. The molecule has 0 saturated heterocycles. The largest absolute Gasteiger partial charge is 0.504 e. The number of nitrogens with one attached hydrogen (secondary N) is 2. The number of carbonyl (C=O) groups is 1. The number of phenols is 3. The van der Waals surface area contributed by atoms with Gasteiger partial charge in [0.2, 0.25) is 5.75 Å². The van der Waals surface area contributed by atoms with Gasteiger partial charge in [0.1, 0.15) is 0 Å². The third-order valence-corrected chi connectivity index (χ3v) is 8.25. The monoisotopic (exact) mass is 574 g/mol. The molecule has 0 bridgehead atoms. The Balaban J connectivity index is 1.54. The topological polar surface area (TPSA) is 136 Å². The summed E-state index contributed by atoms with van der Waals surface area (Å²) in [5, 5.41) is 33.9. The zero-order valence-electron chi connectivity index (χ0n) is 23.3. The lowest BCUT2D eigenvalue weighted by Crippen LogP contribution is -2.15. The van der Waals surface area contributed by atoms with Crippen LogP contribution >= 0.6 is 0 Å². The quantitative estimate of drug-likeness (QED) is 0.141. The van der Waals surface area contributed by atoms with E-state index in [1.165, 1.54) is 30.3 Å². The van der Waals surface area contributed by atoms with Crippen molar-refractivity contribution in [3.05, 3.63) is 107 Å². The average molecular weight is 575 g/mol. The number of aromatic hydroxyl groups is 3. The normalized spacial score (nSPS) is 11.6. The summed E-state index contributed by atoms with van der Waals surface area (Å²) in [6.07, 6.45) is 0.230. The molecule has 8 nitrogen and oxygen atoms in total. The molecule has 0 spiro atoms. The first kappa shape index (κ1) is 29.5. The molecule has 0 heterocycles. The van der Waals surface area contributed by atoms with Crippen molar-refractivity contribution in [2.45, 2.75) is 50.8 Å². The molecule has 1 amide bonds. The second-order valence-electron chi connectivity index (χ2n) is 10.5. The molecular weight excluding hydrogens is 540 g/mol. The highest BCUT2D eigenvalue weighted by Gasteiger charge is 2.23. The highest BCUT2D eigenvalue weighted by molar-refractivity contribution is 7.92. The lowest BCUT2D eigenvalue weighted by molar-refractivity contribution is 0.102. The number of carbonyl (C=O) groups excluding carboxylic acids is 1. The molecule has 0 atom stereocenters. The molecule has 0 fully saturated rings. The van der Waals surface area contributed by atoms with Crippen LogP contribution in [0.15, 0.2) is 83.8 Å². The van der Waals surface area contributed by atoms with E-state index < -0.39 is 33.2 Å². The number of anilines is 2. The minimum absolute atomic E-state index is 0.00155. The maximum atomic E-state index is 13.1. The summed E-state index contributed by atoms with van der Waals surface area (Å²) in [7, 11) is -3.88. The fourth-order valence-electron chi connectivity index (χ4n) is 4.57. The van der Waals surface area contributed by atoms with E-state index in [1.807, 2.05) is 58.0 Å². The van der Waals surface area contributed by atoms with Crippen molar-refractivity contribution in [3.63, 3.8) is 0 Å². The molecule has 0 saturated carbocycles. The summed E-state index contributed by atoms with van der Waals surface area (Å²) < 4.78 is 28.4. The van der Waals surface area contributed by atoms with Crippen LogP contribution in [-0.4, -0.2) is 29.6 Å². The van der Waals surface area contributed by atoms with Crippen LogP contribution in [-0.2, 0) is 16.4 Å². The summed E-state index contributed by atoms with van der Waals surface area (Å²) >= 11 is 0. The summed E-state index contributed by atoms with van der Waals surface area (Å²) in [5.74, 6) is -2.33. The number of hydrogen-bond donors (Lipinski definition) is 5. The SMILES string of the molecule is CC(C)c1cccc(NS(=O)(=O)c2ccc(NC(=O)c3cc(Cc4ccccc4C(C)C)c(O)c(O)c3O)cc2)c1. The van der Waals surface area contributed by atoms with Gasteiger partial charge < -0.3 is 20.6 Å². The number of amides is 1. The third-order valence-electron chi connectivity index (χ3n) is 6.86. The second-order valence-corrected chi connectivity index (χ2v) is 12.2. The number of sulfonamides is 1. The van der Waals surface area contributed by atoms with E-state index in [0.717, 1.165) is 16.7 Å². The number of hydrogen-bond acceptors (Lipinski definition) is 6. The van der Waals surface area contributed by atoms with Crippen LogP contribution in [0.3, 0.4) is 0 Å². The van der Waals surface area contributed by atoms with Gasteiger partial charge >= 0.3 is 0 Å². The molecule has 41 heavy (non-hydrogen) atoms. The van der Waals surface area contributed by atoms with Gasteiger partial charge in [-0.1, -0.05) is 64.1 Å². The Labute approximate surface area is 240 Å². The molecule has 5 N–H and O–H groups in total. The Kier molecular flexibility index (Phi) is 8.58. The highest BCUT2D eigenvalue weighted by Crippen LogP contribution is 2.42. The molecule has 0 aliphatic rings. The van der Waals surface area contributed by atoms with E-state index in [9.17, 15) is 28.5 Å². The predicted octanol–water partition coefficient (Wildman–Crippen LogP) is 6.69. The summed E-state index contributed by atoms with van der Waals surface area (Å²) in [4.78, 5) is 13.1. The second kappa shape index (κ2) is 11.9. The van der Waals surface area contributed by atoms with Gasteiger partial charge in [0, 0.05) is 23.4 Å². The van der Waals surface area contributed by atoms with E-state index in [1.54, 1.807) is 18.2 Å². The fourth-order valence-corrected chi connectivity index (χ4v) is 5.61. The Morgan fingerprint density at radius 1 is 0.732 bits per heavy atom. The van der Waals surface area contributed by atoms with Crippen molar-refractivity contribution in [2.75, 3.05) is 10.0 Å². The van der Waals surface area contributed by atoms with Gasteiger partial charge in [-0.05, 0) is 71.0 Å². The Morgan fingerprint density at radius 2 is 1.41 bits per heavy atom. The van der Waals surface area contributed by atoms with Gasteiger partial charge in [-0.2, -0.15) is 0 Å². The molecule has 0 aliphatic carbocycles. The third kappa shape index (κ3) is 6.63. The van der Waals surface area contributed by atoms with Crippen molar-refractivity contribution in [1.29, 1.82) is 0 Å².